The second kappa shape index (κ2) is 13.5. The number of nitrogens with zero attached hydrogens (tertiary/aromatic N) is 6. The average molecular weight is 791 g/mol. The van der Waals surface area contributed by atoms with Crippen LogP contribution in [0.15, 0.2) is 206 Å². The number of fused-ring (bicyclic) bond motifs is 4. The zero-order valence-corrected chi connectivity index (χ0v) is 33.3. The summed E-state index contributed by atoms with van der Waals surface area (Å²) < 4.78 is 4.46. The Morgan fingerprint density at radius 3 is 1.65 bits per heavy atom. The maximum Gasteiger partial charge on any atom is 0.235 e. The smallest absolute Gasteiger partial charge is 0.235 e. The first kappa shape index (κ1) is 34.4. The molecule has 0 aliphatic rings. The fraction of sp³-hybridized carbons (Fsp3) is 0. The average Bonchev–Trinajstić information content (AvgIpc) is 3.87. The maximum atomic E-state index is 5.33. The third kappa shape index (κ3) is 5.23. The van der Waals surface area contributed by atoms with E-state index in [1.807, 2.05) is 24.3 Å². The van der Waals surface area contributed by atoms with Crippen molar-refractivity contribution in [3.05, 3.63) is 206 Å². The highest BCUT2D eigenvalue weighted by Gasteiger charge is 2.23. The molecule has 0 bridgehead atoms. The first-order valence-corrected chi connectivity index (χ1v) is 20.9. The predicted molar refractivity (Wildman–Crippen MR) is 254 cm³/mol. The lowest BCUT2D eigenvalue weighted by atomic mass is 9.94. The minimum Gasteiger partial charge on any atom is -0.278 e. The molecular weight excluding hydrogens is 757 g/mol. The van der Waals surface area contributed by atoms with Gasteiger partial charge in [0.2, 0.25) is 11.9 Å². The van der Waals surface area contributed by atoms with E-state index in [-0.39, 0.29) is 0 Å². The van der Waals surface area contributed by atoms with Crippen molar-refractivity contribution in [2.45, 2.75) is 0 Å². The van der Waals surface area contributed by atoms with Crippen molar-refractivity contribution < 1.29 is 0 Å². The Morgan fingerprint density at radius 2 is 0.887 bits per heavy atom. The fourth-order valence-electron chi connectivity index (χ4n) is 9.54. The van der Waals surface area contributed by atoms with Crippen molar-refractivity contribution >= 4 is 65.3 Å². The number of rotatable bonds is 6. The topological polar surface area (TPSA) is 61.4 Å². The van der Waals surface area contributed by atoms with E-state index in [1.165, 1.54) is 27.1 Å². The van der Waals surface area contributed by atoms with Gasteiger partial charge in [0.05, 0.1) is 44.7 Å². The molecule has 0 atom stereocenters. The van der Waals surface area contributed by atoms with Crippen LogP contribution in [0, 0.1) is 0 Å². The van der Waals surface area contributed by atoms with E-state index < -0.39 is 0 Å². The van der Waals surface area contributed by atoms with Gasteiger partial charge in [-0.15, -0.1) is 0 Å². The molecule has 0 amide bonds. The van der Waals surface area contributed by atoms with Crippen LogP contribution in [-0.2, 0) is 0 Å². The molecule has 288 valence electrons. The van der Waals surface area contributed by atoms with E-state index in [0.29, 0.717) is 11.9 Å². The Balaban J connectivity index is 1.02. The van der Waals surface area contributed by atoms with Gasteiger partial charge < -0.3 is 0 Å². The molecule has 0 fully saturated rings. The largest absolute Gasteiger partial charge is 0.278 e. The van der Waals surface area contributed by atoms with Gasteiger partial charge >= 0.3 is 0 Å². The minimum absolute atomic E-state index is 0.635. The van der Waals surface area contributed by atoms with Crippen LogP contribution in [-0.4, -0.2) is 29.1 Å². The number of aromatic nitrogens is 6. The molecule has 6 heteroatoms. The van der Waals surface area contributed by atoms with Crippen molar-refractivity contribution in [1.82, 2.24) is 29.1 Å². The van der Waals surface area contributed by atoms with Gasteiger partial charge in [-0.3, -0.25) is 9.13 Å². The molecule has 0 unspecified atom stereocenters. The highest BCUT2D eigenvalue weighted by Crippen LogP contribution is 2.44. The molecule has 13 aromatic rings. The molecule has 0 N–H and O–H groups in total. The Kier molecular flexibility index (Phi) is 7.50. The minimum atomic E-state index is 0.635. The summed E-state index contributed by atoms with van der Waals surface area (Å²) >= 11 is 0. The molecule has 6 nitrogen and oxygen atoms in total. The second-order valence-corrected chi connectivity index (χ2v) is 15.8. The van der Waals surface area contributed by atoms with Gasteiger partial charge in [0, 0.05) is 43.6 Å². The lowest BCUT2D eigenvalue weighted by Crippen LogP contribution is -2.04. The van der Waals surface area contributed by atoms with Gasteiger partial charge in [0.1, 0.15) is 0 Å². The quantitative estimate of drug-likeness (QED) is 0.157. The molecule has 0 aliphatic carbocycles. The molecular formula is C56H34N6. The molecule has 0 radical (unpaired) electrons. The van der Waals surface area contributed by atoms with E-state index in [2.05, 4.69) is 191 Å². The lowest BCUT2D eigenvalue weighted by molar-refractivity contribution is 0.995. The Hall–Kier alpha value is -8.48. The maximum absolute atomic E-state index is 5.33. The van der Waals surface area contributed by atoms with Gasteiger partial charge in [-0.2, -0.15) is 0 Å². The molecule has 4 heterocycles. The Labute approximate surface area is 356 Å². The number of hydrogen-bond acceptors (Lipinski definition) is 4. The molecule has 0 aliphatic heterocycles. The summed E-state index contributed by atoms with van der Waals surface area (Å²) in [7, 11) is 0. The highest BCUT2D eigenvalue weighted by molar-refractivity contribution is 6.26. The normalized spacial score (nSPS) is 11.9. The number of benzene rings is 9. The summed E-state index contributed by atoms with van der Waals surface area (Å²) in [5, 5.41) is 8.10. The number of para-hydroxylation sites is 2. The summed E-state index contributed by atoms with van der Waals surface area (Å²) in [4.78, 5) is 21.0. The van der Waals surface area contributed by atoms with Crippen molar-refractivity contribution in [2.75, 3.05) is 0 Å². The van der Waals surface area contributed by atoms with Crippen molar-refractivity contribution in [3.8, 4) is 56.8 Å². The standard InChI is InChI=1S/C56H34N6/c1-4-15-35(16-5-1)46-34-47(36-17-6-2-7-18-36)59-55(58-46)61-48-25-13-11-22-41(48)44-33-39(28-31-49(44)61)40-30-32-51-53-42(40)29-27-37-21-14-26-50(52(37)53)62(51)56-57-45-24-12-10-23-43(45)54(60-56)38-19-8-3-9-20-38/h1-34H. The molecule has 62 heavy (non-hydrogen) atoms. The highest BCUT2D eigenvalue weighted by atomic mass is 15.2. The third-order valence-electron chi connectivity index (χ3n) is 12.3. The molecule has 9 aromatic carbocycles. The van der Waals surface area contributed by atoms with Crippen LogP contribution in [0.1, 0.15) is 0 Å². The van der Waals surface area contributed by atoms with Gasteiger partial charge in [-0.1, -0.05) is 164 Å². The second-order valence-electron chi connectivity index (χ2n) is 15.8. The van der Waals surface area contributed by atoms with E-state index in [0.717, 1.165) is 83.1 Å². The van der Waals surface area contributed by atoms with Crippen LogP contribution in [0.3, 0.4) is 0 Å². The summed E-state index contributed by atoms with van der Waals surface area (Å²) in [5.74, 6) is 1.29. The summed E-state index contributed by atoms with van der Waals surface area (Å²) in [5.41, 5.74) is 13.3. The summed E-state index contributed by atoms with van der Waals surface area (Å²) in [6.45, 7) is 0. The molecule has 4 aromatic heterocycles. The van der Waals surface area contributed by atoms with Gasteiger partial charge in [0.25, 0.3) is 0 Å². The van der Waals surface area contributed by atoms with Crippen molar-refractivity contribution in [2.24, 2.45) is 0 Å². The summed E-state index contributed by atoms with van der Waals surface area (Å²) in [6.07, 6.45) is 0. The fourth-order valence-corrected chi connectivity index (χ4v) is 9.54. The predicted octanol–water partition coefficient (Wildman–Crippen LogP) is 13.9. The lowest BCUT2D eigenvalue weighted by Gasteiger charge is -2.13. The molecule has 0 saturated carbocycles. The first-order valence-electron chi connectivity index (χ1n) is 20.9. The van der Waals surface area contributed by atoms with Gasteiger partial charge in [-0.05, 0) is 64.4 Å². The SMILES string of the molecule is c1ccc(-c2cc(-c3ccccc3)nc(-n3c4ccccc4c4cc(-c5ccc6c7c5ccc5cccc(c57)n6-c5nc(-c6ccccc6)c6ccccc6n5)ccc43)n2)cc1. The third-order valence-corrected chi connectivity index (χ3v) is 12.3. The van der Waals surface area contributed by atoms with Gasteiger partial charge in [0.15, 0.2) is 0 Å². The monoisotopic (exact) mass is 790 g/mol. The molecule has 0 spiro atoms. The van der Waals surface area contributed by atoms with Crippen LogP contribution < -0.4 is 0 Å². The van der Waals surface area contributed by atoms with Crippen LogP contribution in [0.4, 0.5) is 0 Å². The molecule has 0 saturated heterocycles. The van der Waals surface area contributed by atoms with E-state index >= 15 is 0 Å². The van der Waals surface area contributed by atoms with E-state index in [1.54, 1.807) is 0 Å². The van der Waals surface area contributed by atoms with Crippen molar-refractivity contribution in [3.63, 3.8) is 0 Å². The van der Waals surface area contributed by atoms with E-state index in [4.69, 9.17) is 19.9 Å². The summed E-state index contributed by atoms with van der Waals surface area (Å²) in [6, 6.07) is 72.5. The van der Waals surface area contributed by atoms with Crippen LogP contribution in [0.2, 0.25) is 0 Å². The Morgan fingerprint density at radius 1 is 0.306 bits per heavy atom. The van der Waals surface area contributed by atoms with E-state index in [9.17, 15) is 0 Å². The zero-order valence-electron chi connectivity index (χ0n) is 33.3. The first-order chi connectivity index (χ1) is 30.7. The van der Waals surface area contributed by atoms with Crippen LogP contribution in [0.5, 0.6) is 0 Å². The van der Waals surface area contributed by atoms with Crippen molar-refractivity contribution in [1.29, 1.82) is 0 Å². The van der Waals surface area contributed by atoms with Crippen LogP contribution in [0.25, 0.3) is 122 Å². The molecule has 13 rings (SSSR count). The Bertz CT molecular complexity index is 3790. The zero-order chi connectivity index (χ0) is 40.7. The van der Waals surface area contributed by atoms with Gasteiger partial charge in [-0.25, -0.2) is 19.9 Å². The van der Waals surface area contributed by atoms with Crippen LogP contribution >= 0.6 is 0 Å². The number of hydrogen-bond donors (Lipinski definition) is 0.